The van der Waals surface area contributed by atoms with E-state index in [1.54, 1.807) is 18.2 Å². The summed E-state index contributed by atoms with van der Waals surface area (Å²) in [4.78, 5) is 0. The van der Waals surface area contributed by atoms with E-state index in [9.17, 15) is 9.50 Å². The number of rotatable bonds is 4. The largest absolute Gasteiger partial charge is 0.385 e. The molecule has 0 radical (unpaired) electrons. The zero-order chi connectivity index (χ0) is 13.9. The molecule has 1 atom stereocenters. The Morgan fingerprint density at radius 2 is 1.89 bits per heavy atom. The van der Waals surface area contributed by atoms with Crippen molar-refractivity contribution in [3.8, 4) is 0 Å². The summed E-state index contributed by atoms with van der Waals surface area (Å²) in [6.07, 6.45) is 0.852. The lowest BCUT2D eigenvalue weighted by Gasteiger charge is -2.28. The van der Waals surface area contributed by atoms with Gasteiger partial charge in [-0.3, -0.25) is 0 Å². The minimum Gasteiger partial charge on any atom is -0.385 e. The summed E-state index contributed by atoms with van der Waals surface area (Å²) in [5.41, 5.74) is 0.158. The Hall–Kier alpha value is -1.19. The molecular weight excluding hydrogens is 307 g/mol. The second-order valence-electron chi connectivity index (χ2n) is 4.67. The molecule has 0 saturated carbocycles. The summed E-state index contributed by atoms with van der Waals surface area (Å²) in [7, 11) is 0. The maximum absolute atomic E-state index is 13.9. The Bertz CT molecular complexity index is 570. The third-order valence-corrected chi connectivity index (χ3v) is 3.84. The molecule has 0 aliphatic heterocycles. The van der Waals surface area contributed by atoms with Gasteiger partial charge in [0.25, 0.3) is 0 Å². The van der Waals surface area contributed by atoms with Gasteiger partial charge >= 0.3 is 0 Å². The molecule has 19 heavy (non-hydrogen) atoms. The van der Waals surface area contributed by atoms with Gasteiger partial charge in [-0.25, -0.2) is 4.39 Å². The molecule has 0 saturated heterocycles. The summed E-state index contributed by atoms with van der Waals surface area (Å²) in [5, 5.41) is 10.8. The highest BCUT2D eigenvalue weighted by molar-refractivity contribution is 9.10. The van der Waals surface area contributed by atoms with Gasteiger partial charge in [-0.05, 0) is 30.2 Å². The molecule has 0 aliphatic rings. The van der Waals surface area contributed by atoms with Gasteiger partial charge in [-0.1, -0.05) is 53.2 Å². The average molecular weight is 323 g/mol. The maximum atomic E-state index is 13.9. The van der Waals surface area contributed by atoms with Gasteiger partial charge in [-0.2, -0.15) is 0 Å². The molecule has 2 aromatic rings. The second-order valence-corrected chi connectivity index (χ2v) is 5.59. The Labute approximate surface area is 121 Å². The molecule has 0 heterocycles. The zero-order valence-corrected chi connectivity index (χ0v) is 12.3. The molecule has 1 N–H and O–H groups in total. The van der Waals surface area contributed by atoms with E-state index in [0.717, 1.165) is 10.0 Å². The van der Waals surface area contributed by atoms with Crippen LogP contribution in [-0.2, 0) is 12.0 Å². The Morgan fingerprint density at radius 1 is 1.16 bits per heavy atom. The van der Waals surface area contributed by atoms with Gasteiger partial charge in [0.1, 0.15) is 5.82 Å². The van der Waals surface area contributed by atoms with Crippen molar-refractivity contribution in [2.24, 2.45) is 0 Å². The SMILES string of the molecule is CCC(O)(Cc1cccc(Br)c1)c1ccccc1F. The minimum atomic E-state index is -1.17. The van der Waals surface area contributed by atoms with Crippen LogP contribution in [0.1, 0.15) is 24.5 Å². The van der Waals surface area contributed by atoms with E-state index in [-0.39, 0.29) is 5.82 Å². The number of halogens is 2. The number of aliphatic hydroxyl groups is 1. The van der Waals surface area contributed by atoms with Crippen LogP contribution in [0.25, 0.3) is 0 Å². The van der Waals surface area contributed by atoms with E-state index in [1.807, 2.05) is 31.2 Å². The molecule has 2 aromatic carbocycles. The Morgan fingerprint density at radius 3 is 2.53 bits per heavy atom. The quantitative estimate of drug-likeness (QED) is 0.882. The fourth-order valence-corrected chi connectivity index (χ4v) is 2.68. The van der Waals surface area contributed by atoms with Gasteiger partial charge < -0.3 is 5.11 Å². The molecule has 0 amide bonds. The van der Waals surface area contributed by atoms with Crippen molar-refractivity contribution in [2.45, 2.75) is 25.4 Å². The average Bonchev–Trinajstić information content (AvgIpc) is 2.39. The molecule has 100 valence electrons. The summed E-state index contributed by atoms with van der Waals surface area (Å²) in [6, 6.07) is 14.1. The lowest BCUT2D eigenvalue weighted by Crippen LogP contribution is -2.28. The number of hydrogen-bond acceptors (Lipinski definition) is 1. The van der Waals surface area contributed by atoms with E-state index >= 15 is 0 Å². The molecular formula is C16H16BrFO. The molecule has 2 rings (SSSR count). The monoisotopic (exact) mass is 322 g/mol. The molecule has 0 bridgehead atoms. The highest BCUT2D eigenvalue weighted by Gasteiger charge is 2.30. The lowest BCUT2D eigenvalue weighted by atomic mass is 9.85. The third kappa shape index (κ3) is 3.23. The first-order chi connectivity index (χ1) is 9.05. The van der Waals surface area contributed by atoms with Crippen molar-refractivity contribution >= 4 is 15.9 Å². The van der Waals surface area contributed by atoms with Crippen LogP contribution in [0.2, 0.25) is 0 Å². The first kappa shape index (κ1) is 14.2. The van der Waals surface area contributed by atoms with Crippen molar-refractivity contribution in [1.29, 1.82) is 0 Å². The Balaban J connectivity index is 2.36. The first-order valence-electron chi connectivity index (χ1n) is 6.27. The van der Waals surface area contributed by atoms with E-state index in [1.165, 1.54) is 6.07 Å². The summed E-state index contributed by atoms with van der Waals surface area (Å²) < 4.78 is 14.8. The Kier molecular flexibility index (Phi) is 4.38. The van der Waals surface area contributed by atoms with Crippen LogP contribution in [-0.4, -0.2) is 5.11 Å². The van der Waals surface area contributed by atoms with Crippen molar-refractivity contribution in [1.82, 2.24) is 0 Å². The van der Waals surface area contributed by atoms with Gasteiger partial charge in [-0.15, -0.1) is 0 Å². The molecule has 1 unspecified atom stereocenters. The standard InChI is InChI=1S/C16H16BrFO/c1-2-16(19,14-8-3-4-9-15(14)18)11-12-6-5-7-13(17)10-12/h3-10,19H,2,11H2,1H3. The minimum absolute atomic E-state index is 0.359. The van der Waals surface area contributed by atoms with Gasteiger partial charge in [0.15, 0.2) is 0 Å². The molecule has 0 aliphatic carbocycles. The first-order valence-corrected chi connectivity index (χ1v) is 7.06. The van der Waals surface area contributed by atoms with Crippen LogP contribution in [0.3, 0.4) is 0 Å². The second kappa shape index (κ2) is 5.85. The fourth-order valence-electron chi connectivity index (χ4n) is 2.23. The smallest absolute Gasteiger partial charge is 0.129 e. The van der Waals surface area contributed by atoms with Gasteiger partial charge in [0, 0.05) is 16.5 Å². The fraction of sp³-hybridized carbons (Fsp3) is 0.250. The van der Waals surface area contributed by atoms with Crippen LogP contribution in [0.15, 0.2) is 53.0 Å². The number of benzene rings is 2. The van der Waals surface area contributed by atoms with Crippen molar-refractivity contribution in [3.05, 3.63) is 69.9 Å². The van der Waals surface area contributed by atoms with Crippen molar-refractivity contribution < 1.29 is 9.50 Å². The zero-order valence-electron chi connectivity index (χ0n) is 10.7. The summed E-state index contributed by atoms with van der Waals surface area (Å²) in [5.74, 6) is -0.359. The van der Waals surface area contributed by atoms with E-state index in [2.05, 4.69) is 15.9 Å². The van der Waals surface area contributed by atoms with Gasteiger partial charge in [0.05, 0.1) is 5.60 Å². The van der Waals surface area contributed by atoms with Crippen molar-refractivity contribution in [2.75, 3.05) is 0 Å². The maximum Gasteiger partial charge on any atom is 0.129 e. The summed E-state index contributed by atoms with van der Waals surface area (Å²) >= 11 is 3.41. The predicted molar refractivity (Wildman–Crippen MR) is 78.4 cm³/mol. The normalized spacial score (nSPS) is 14.1. The van der Waals surface area contributed by atoms with E-state index in [4.69, 9.17) is 0 Å². The molecule has 1 nitrogen and oxygen atoms in total. The molecule has 0 aromatic heterocycles. The van der Waals surface area contributed by atoms with Crippen LogP contribution >= 0.6 is 15.9 Å². The van der Waals surface area contributed by atoms with Crippen LogP contribution < -0.4 is 0 Å². The lowest BCUT2D eigenvalue weighted by molar-refractivity contribution is 0.0291. The predicted octanol–water partition coefficient (Wildman–Crippen LogP) is 4.43. The molecule has 0 spiro atoms. The third-order valence-electron chi connectivity index (χ3n) is 3.35. The molecule has 3 heteroatoms. The highest BCUT2D eigenvalue weighted by atomic mass is 79.9. The number of hydrogen-bond donors (Lipinski definition) is 1. The van der Waals surface area contributed by atoms with E-state index < -0.39 is 5.60 Å². The highest BCUT2D eigenvalue weighted by Crippen LogP contribution is 2.31. The topological polar surface area (TPSA) is 20.2 Å². The van der Waals surface area contributed by atoms with Crippen LogP contribution in [0, 0.1) is 5.82 Å². The van der Waals surface area contributed by atoms with Crippen molar-refractivity contribution in [3.63, 3.8) is 0 Å². The van der Waals surface area contributed by atoms with Gasteiger partial charge in [0.2, 0.25) is 0 Å². The molecule has 0 fully saturated rings. The van der Waals surface area contributed by atoms with Crippen LogP contribution in [0.4, 0.5) is 4.39 Å². The summed E-state index contributed by atoms with van der Waals surface area (Å²) in [6.45, 7) is 1.87. The van der Waals surface area contributed by atoms with Crippen LogP contribution in [0.5, 0.6) is 0 Å². The van der Waals surface area contributed by atoms with E-state index in [0.29, 0.717) is 18.4 Å².